The van der Waals surface area contributed by atoms with Crippen molar-refractivity contribution in [1.29, 1.82) is 0 Å². The smallest absolute Gasteiger partial charge is 0.341 e. The van der Waals surface area contributed by atoms with Crippen molar-refractivity contribution in [1.82, 2.24) is 5.32 Å². The zero-order valence-electron chi connectivity index (χ0n) is 16.6. The first-order chi connectivity index (χ1) is 14.1. The van der Waals surface area contributed by atoms with Gasteiger partial charge in [0, 0.05) is 18.7 Å². The van der Waals surface area contributed by atoms with Crippen molar-refractivity contribution in [3.8, 4) is 11.5 Å². The van der Waals surface area contributed by atoms with E-state index in [-0.39, 0.29) is 18.6 Å². The average Bonchev–Trinajstić information content (AvgIpc) is 3.29. The Kier molecular flexibility index (Phi) is 7.08. The van der Waals surface area contributed by atoms with Gasteiger partial charge in [0.1, 0.15) is 23.7 Å². The van der Waals surface area contributed by atoms with Crippen LogP contribution in [0, 0.1) is 0 Å². The second-order valence-corrected chi connectivity index (χ2v) is 6.68. The van der Waals surface area contributed by atoms with Gasteiger partial charge in [-0.05, 0) is 54.8 Å². The van der Waals surface area contributed by atoms with Crippen molar-refractivity contribution in [3.63, 3.8) is 0 Å². The number of amides is 1. The molecular formula is C22H25NO6. The van der Waals surface area contributed by atoms with Gasteiger partial charge in [-0.25, -0.2) is 4.79 Å². The monoisotopic (exact) mass is 399 g/mol. The van der Waals surface area contributed by atoms with E-state index in [1.54, 1.807) is 42.5 Å². The maximum absolute atomic E-state index is 12.4. The van der Waals surface area contributed by atoms with Gasteiger partial charge in [-0.15, -0.1) is 0 Å². The summed E-state index contributed by atoms with van der Waals surface area (Å²) in [4.78, 5) is 24.3. The first-order valence-corrected chi connectivity index (χ1v) is 9.48. The first-order valence-electron chi connectivity index (χ1n) is 9.48. The molecule has 2 aromatic rings. The standard InChI is InChI=1S/C22H25NO6/c1-26-20-10-5-15(12-19(20)22(25)27-2)13-23-21(24)16-6-8-17(9-7-16)29-14-18-4-3-11-28-18/h5-10,12,18H,3-4,11,13-14H2,1-2H3,(H,23,24). The maximum atomic E-state index is 12.4. The molecule has 7 nitrogen and oxygen atoms in total. The predicted octanol–water partition coefficient (Wildman–Crippen LogP) is 2.97. The number of esters is 1. The molecule has 1 N–H and O–H groups in total. The van der Waals surface area contributed by atoms with Crippen molar-refractivity contribution in [2.75, 3.05) is 27.4 Å². The van der Waals surface area contributed by atoms with E-state index in [4.69, 9.17) is 18.9 Å². The van der Waals surface area contributed by atoms with E-state index in [1.807, 2.05) is 0 Å². The molecule has 3 rings (SSSR count). The van der Waals surface area contributed by atoms with Crippen molar-refractivity contribution in [2.45, 2.75) is 25.5 Å². The largest absolute Gasteiger partial charge is 0.496 e. The highest BCUT2D eigenvalue weighted by atomic mass is 16.5. The molecule has 1 aliphatic heterocycles. The van der Waals surface area contributed by atoms with Gasteiger partial charge in [-0.3, -0.25) is 4.79 Å². The highest BCUT2D eigenvalue weighted by Gasteiger charge is 2.16. The summed E-state index contributed by atoms with van der Waals surface area (Å²) in [7, 11) is 2.79. The van der Waals surface area contributed by atoms with Crippen molar-refractivity contribution in [2.24, 2.45) is 0 Å². The number of hydrogen-bond acceptors (Lipinski definition) is 6. The number of ether oxygens (including phenoxy) is 4. The second-order valence-electron chi connectivity index (χ2n) is 6.68. The van der Waals surface area contributed by atoms with Crippen LogP contribution in [0.5, 0.6) is 11.5 Å². The van der Waals surface area contributed by atoms with Gasteiger partial charge in [-0.1, -0.05) is 6.07 Å². The number of methoxy groups -OCH3 is 2. The summed E-state index contributed by atoms with van der Waals surface area (Å²) in [5.74, 6) is 0.417. The fourth-order valence-corrected chi connectivity index (χ4v) is 3.09. The molecule has 154 valence electrons. The van der Waals surface area contributed by atoms with Crippen molar-refractivity contribution >= 4 is 11.9 Å². The lowest BCUT2D eigenvalue weighted by Gasteiger charge is -2.12. The number of nitrogens with one attached hydrogen (secondary N) is 1. The molecule has 1 amide bonds. The Morgan fingerprint density at radius 2 is 1.93 bits per heavy atom. The normalized spacial score (nSPS) is 15.6. The summed E-state index contributed by atoms with van der Waals surface area (Å²) in [5, 5.41) is 2.84. The first kappa shape index (κ1) is 20.7. The Morgan fingerprint density at radius 1 is 1.14 bits per heavy atom. The van der Waals surface area contributed by atoms with Crippen LogP contribution in [0.15, 0.2) is 42.5 Å². The van der Waals surface area contributed by atoms with Crippen LogP contribution in [0.4, 0.5) is 0 Å². The molecule has 1 unspecified atom stereocenters. The van der Waals surface area contributed by atoms with E-state index < -0.39 is 5.97 Å². The van der Waals surface area contributed by atoms with E-state index >= 15 is 0 Å². The molecule has 0 spiro atoms. The Hall–Kier alpha value is -3.06. The molecule has 0 aromatic heterocycles. The lowest BCUT2D eigenvalue weighted by Crippen LogP contribution is -2.23. The summed E-state index contributed by atoms with van der Waals surface area (Å²) in [6.45, 7) is 1.58. The van der Waals surface area contributed by atoms with Gasteiger partial charge in [-0.2, -0.15) is 0 Å². The fraction of sp³-hybridized carbons (Fsp3) is 0.364. The van der Waals surface area contributed by atoms with Gasteiger partial charge in [0.25, 0.3) is 5.91 Å². The molecule has 0 aliphatic carbocycles. The third kappa shape index (κ3) is 5.48. The number of benzene rings is 2. The van der Waals surface area contributed by atoms with Gasteiger partial charge in [0.2, 0.25) is 0 Å². The average molecular weight is 399 g/mol. The zero-order chi connectivity index (χ0) is 20.6. The van der Waals surface area contributed by atoms with Gasteiger partial charge < -0.3 is 24.3 Å². The quantitative estimate of drug-likeness (QED) is 0.687. The Balaban J connectivity index is 1.55. The van der Waals surface area contributed by atoms with Crippen LogP contribution >= 0.6 is 0 Å². The molecule has 7 heteroatoms. The van der Waals surface area contributed by atoms with Crippen LogP contribution in [-0.2, 0) is 16.0 Å². The summed E-state index contributed by atoms with van der Waals surface area (Å²) in [6.07, 6.45) is 2.24. The van der Waals surface area contributed by atoms with Crippen LogP contribution in [-0.4, -0.2) is 45.4 Å². The molecular weight excluding hydrogens is 374 g/mol. The molecule has 1 atom stereocenters. The van der Waals surface area contributed by atoms with E-state index in [9.17, 15) is 9.59 Å². The van der Waals surface area contributed by atoms with Crippen LogP contribution in [0.3, 0.4) is 0 Å². The molecule has 1 heterocycles. The molecule has 2 aromatic carbocycles. The summed E-state index contributed by atoms with van der Waals surface area (Å²) >= 11 is 0. The van der Waals surface area contributed by atoms with Crippen LogP contribution in [0.25, 0.3) is 0 Å². The number of hydrogen-bond donors (Lipinski definition) is 1. The lowest BCUT2D eigenvalue weighted by atomic mass is 10.1. The van der Waals surface area contributed by atoms with Gasteiger partial charge in [0.15, 0.2) is 0 Å². The van der Waals surface area contributed by atoms with E-state index in [2.05, 4.69) is 5.32 Å². The number of rotatable bonds is 8. The maximum Gasteiger partial charge on any atom is 0.341 e. The Morgan fingerprint density at radius 3 is 2.59 bits per heavy atom. The lowest BCUT2D eigenvalue weighted by molar-refractivity contribution is 0.0597. The van der Waals surface area contributed by atoms with E-state index in [0.29, 0.717) is 29.2 Å². The summed E-state index contributed by atoms with van der Waals surface area (Å²) < 4.78 is 21.2. The molecule has 0 radical (unpaired) electrons. The van der Waals surface area contributed by atoms with Crippen molar-refractivity contribution in [3.05, 3.63) is 59.2 Å². The summed E-state index contributed by atoms with van der Waals surface area (Å²) in [6, 6.07) is 12.1. The minimum atomic E-state index is -0.492. The minimum Gasteiger partial charge on any atom is -0.496 e. The molecule has 29 heavy (non-hydrogen) atoms. The van der Waals surface area contributed by atoms with Crippen LogP contribution in [0.1, 0.15) is 39.1 Å². The number of carbonyl (C=O) groups is 2. The highest BCUT2D eigenvalue weighted by Crippen LogP contribution is 2.21. The van der Waals surface area contributed by atoms with Crippen LogP contribution in [0.2, 0.25) is 0 Å². The van der Waals surface area contributed by atoms with Crippen LogP contribution < -0.4 is 14.8 Å². The second kappa shape index (κ2) is 9.93. The minimum absolute atomic E-state index is 0.150. The molecule has 1 saturated heterocycles. The molecule has 0 saturated carbocycles. The molecule has 1 fully saturated rings. The van der Waals surface area contributed by atoms with Gasteiger partial charge in [0.05, 0.1) is 20.3 Å². The van der Waals surface area contributed by atoms with E-state index in [0.717, 1.165) is 25.0 Å². The zero-order valence-corrected chi connectivity index (χ0v) is 16.6. The summed E-state index contributed by atoms with van der Waals surface area (Å²) in [5.41, 5.74) is 1.60. The molecule has 1 aliphatic rings. The fourth-order valence-electron chi connectivity index (χ4n) is 3.09. The third-order valence-electron chi connectivity index (χ3n) is 4.70. The third-order valence-corrected chi connectivity index (χ3v) is 4.70. The SMILES string of the molecule is COC(=O)c1cc(CNC(=O)c2ccc(OCC3CCCO3)cc2)ccc1OC. The highest BCUT2D eigenvalue weighted by molar-refractivity contribution is 5.94. The Bertz CT molecular complexity index is 843. The van der Waals surface area contributed by atoms with Crippen molar-refractivity contribution < 1.29 is 28.5 Å². The molecule has 0 bridgehead atoms. The predicted molar refractivity (Wildman–Crippen MR) is 106 cm³/mol. The van der Waals surface area contributed by atoms with Gasteiger partial charge >= 0.3 is 5.97 Å². The Labute approximate surface area is 169 Å². The number of carbonyl (C=O) groups excluding carboxylic acids is 2. The topological polar surface area (TPSA) is 83.1 Å². The van der Waals surface area contributed by atoms with E-state index in [1.165, 1.54) is 14.2 Å².